The first-order valence-electron chi connectivity index (χ1n) is 5.47. The highest BCUT2D eigenvalue weighted by Crippen LogP contribution is 2.28. The van der Waals surface area contributed by atoms with Gasteiger partial charge in [-0.1, -0.05) is 54.3 Å². The van der Waals surface area contributed by atoms with Crippen LogP contribution in [0, 0.1) is 0 Å². The molecule has 5 heteroatoms. The van der Waals surface area contributed by atoms with Crippen LogP contribution in [0.15, 0.2) is 42.1 Å². The molecule has 94 valence electrons. The Morgan fingerprint density at radius 1 is 1.50 bits per heavy atom. The zero-order valence-electron chi connectivity index (χ0n) is 9.96. The fourth-order valence-electron chi connectivity index (χ4n) is 1.66. The number of methoxy groups -OCH3 is 1. The monoisotopic (exact) mass is 279 g/mol. The van der Waals surface area contributed by atoms with Gasteiger partial charge >= 0.3 is 5.97 Å². The molecular weight excluding hydrogens is 266 g/mol. The predicted molar refractivity (Wildman–Crippen MR) is 77.1 cm³/mol. The van der Waals surface area contributed by atoms with Gasteiger partial charge in [-0.25, -0.2) is 4.79 Å². The summed E-state index contributed by atoms with van der Waals surface area (Å²) in [6.07, 6.45) is 1.51. The van der Waals surface area contributed by atoms with E-state index in [9.17, 15) is 4.79 Å². The molecule has 0 bridgehead atoms. The van der Waals surface area contributed by atoms with E-state index >= 15 is 0 Å². The molecule has 0 aromatic heterocycles. The molecule has 18 heavy (non-hydrogen) atoms. The maximum absolute atomic E-state index is 11.3. The average molecular weight is 279 g/mol. The second-order valence-electron chi connectivity index (χ2n) is 3.79. The molecular formula is C13H13NO2S2. The quantitative estimate of drug-likeness (QED) is 0.482. The molecule has 3 nitrogen and oxygen atoms in total. The fourth-order valence-corrected chi connectivity index (χ4v) is 2.86. The Kier molecular flexibility index (Phi) is 4.38. The van der Waals surface area contributed by atoms with Crippen LogP contribution >= 0.6 is 24.0 Å². The van der Waals surface area contributed by atoms with Crippen LogP contribution in [0.25, 0.3) is 0 Å². The van der Waals surface area contributed by atoms with Crippen LogP contribution in [0.5, 0.6) is 0 Å². The number of hydrogen-bond donors (Lipinski definition) is 0. The number of carbonyl (C=O) groups excluding carboxylic acids is 1. The third-order valence-corrected chi connectivity index (χ3v) is 4.06. The molecule has 1 aliphatic heterocycles. The summed E-state index contributed by atoms with van der Waals surface area (Å²) in [6.45, 7) is 0.690. The van der Waals surface area contributed by atoms with Gasteiger partial charge in [0.15, 0.2) is 0 Å². The first-order chi connectivity index (χ1) is 8.70. The molecule has 1 aromatic carbocycles. The number of thioether (sulfide) groups is 1. The Morgan fingerprint density at radius 3 is 2.89 bits per heavy atom. The molecule has 0 N–H and O–H groups in total. The molecule has 0 spiro atoms. The lowest BCUT2D eigenvalue weighted by molar-refractivity contribution is -0.134. The van der Waals surface area contributed by atoms with E-state index < -0.39 is 0 Å². The van der Waals surface area contributed by atoms with Crippen molar-refractivity contribution in [3.8, 4) is 0 Å². The molecule has 0 radical (unpaired) electrons. The van der Waals surface area contributed by atoms with E-state index in [4.69, 9.17) is 12.2 Å². The molecule has 0 amide bonds. The van der Waals surface area contributed by atoms with E-state index in [0.29, 0.717) is 6.54 Å². The second-order valence-corrected chi connectivity index (χ2v) is 5.39. The predicted octanol–water partition coefficient (Wildman–Crippen LogP) is 2.58. The summed E-state index contributed by atoms with van der Waals surface area (Å²) in [6, 6.07) is 10.0. The summed E-state index contributed by atoms with van der Waals surface area (Å²) in [4.78, 5) is 13.3. The van der Waals surface area contributed by atoms with E-state index in [2.05, 4.69) is 4.74 Å². The van der Waals surface area contributed by atoms with Gasteiger partial charge in [0, 0.05) is 24.1 Å². The Balaban J connectivity index is 2.16. The van der Waals surface area contributed by atoms with Crippen molar-refractivity contribution in [2.75, 3.05) is 12.9 Å². The Morgan fingerprint density at radius 2 is 2.22 bits per heavy atom. The third kappa shape index (κ3) is 3.11. The molecule has 0 unspecified atom stereocenters. The lowest BCUT2D eigenvalue weighted by Crippen LogP contribution is -2.21. The van der Waals surface area contributed by atoms with Gasteiger partial charge in [0.1, 0.15) is 4.32 Å². The number of thiocarbonyl (C=S) groups is 1. The molecule has 0 aliphatic carbocycles. The summed E-state index contributed by atoms with van der Waals surface area (Å²) in [5.74, 6) is 0.384. The maximum atomic E-state index is 11.3. The summed E-state index contributed by atoms with van der Waals surface area (Å²) in [5.41, 5.74) is 2.07. The van der Waals surface area contributed by atoms with Crippen molar-refractivity contribution < 1.29 is 9.53 Å². The van der Waals surface area contributed by atoms with Gasteiger partial charge in [-0.05, 0) is 5.56 Å². The number of ether oxygens (including phenoxy) is 1. The highest BCUT2D eigenvalue weighted by molar-refractivity contribution is 8.23. The van der Waals surface area contributed by atoms with Gasteiger partial charge in [0.2, 0.25) is 0 Å². The Labute approximate surface area is 116 Å². The lowest BCUT2D eigenvalue weighted by Gasteiger charge is -2.18. The van der Waals surface area contributed by atoms with Crippen LogP contribution in [-0.4, -0.2) is 28.1 Å². The number of hydrogen-bond acceptors (Lipinski definition) is 4. The molecule has 0 atom stereocenters. The first kappa shape index (κ1) is 13.1. The molecule has 2 rings (SSSR count). The molecule has 1 heterocycles. The number of esters is 1. The molecule has 1 saturated heterocycles. The van der Waals surface area contributed by atoms with Gasteiger partial charge in [0.25, 0.3) is 0 Å². The number of rotatable bonds is 3. The number of benzene rings is 1. The van der Waals surface area contributed by atoms with Crippen LogP contribution in [0.4, 0.5) is 0 Å². The van der Waals surface area contributed by atoms with E-state index in [-0.39, 0.29) is 5.97 Å². The van der Waals surface area contributed by atoms with Crippen molar-refractivity contribution in [2.45, 2.75) is 6.54 Å². The van der Waals surface area contributed by atoms with E-state index in [1.54, 1.807) is 11.8 Å². The van der Waals surface area contributed by atoms with Crippen molar-refractivity contribution in [3.63, 3.8) is 0 Å². The van der Waals surface area contributed by atoms with Crippen molar-refractivity contribution >= 4 is 34.3 Å². The van der Waals surface area contributed by atoms with Gasteiger partial charge in [-0.3, -0.25) is 0 Å². The minimum Gasteiger partial charge on any atom is -0.466 e. The first-order valence-corrected chi connectivity index (χ1v) is 6.87. The highest BCUT2D eigenvalue weighted by atomic mass is 32.2. The summed E-state index contributed by atoms with van der Waals surface area (Å²) >= 11 is 6.87. The minimum atomic E-state index is -0.339. The smallest absolute Gasteiger partial charge is 0.332 e. The molecule has 1 aromatic rings. The van der Waals surface area contributed by atoms with Crippen molar-refractivity contribution in [3.05, 3.63) is 47.7 Å². The second kappa shape index (κ2) is 6.02. The molecule has 1 aliphatic rings. The zero-order chi connectivity index (χ0) is 13.0. The summed E-state index contributed by atoms with van der Waals surface area (Å²) in [7, 11) is 1.38. The van der Waals surface area contributed by atoms with Crippen LogP contribution < -0.4 is 0 Å². The number of carbonyl (C=O) groups is 1. The van der Waals surface area contributed by atoms with E-state index in [0.717, 1.165) is 21.3 Å². The van der Waals surface area contributed by atoms with Gasteiger partial charge in [-0.2, -0.15) is 0 Å². The van der Waals surface area contributed by atoms with E-state index in [1.165, 1.54) is 13.2 Å². The van der Waals surface area contributed by atoms with Crippen molar-refractivity contribution in [2.24, 2.45) is 0 Å². The largest absolute Gasteiger partial charge is 0.466 e. The van der Waals surface area contributed by atoms with Crippen LogP contribution in [-0.2, 0) is 16.1 Å². The van der Waals surface area contributed by atoms with Crippen molar-refractivity contribution in [1.82, 2.24) is 4.90 Å². The zero-order valence-corrected chi connectivity index (χ0v) is 11.6. The highest BCUT2D eigenvalue weighted by Gasteiger charge is 2.24. The van der Waals surface area contributed by atoms with Crippen LogP contribution in [0.2, 0.25) is 0 Å². The van der Waals surface area contributed by atoms with Gasteiger partial charge in [-0.15, -0.1) is 0 Å². The third-order valence-electron chi connectivity index (χ3n) is 2.58. The number of nitrogens with zero attached hydrogens (tertiary/aromatic N) is 1. The standard InChI is InChI=1S/C13H13NO2S2/c1-16-12(15)7-11-9-18-13(17)14(11)8-10-5-3-2-4-6-10/h2-7H,8-9H2,1H3/b11-7+. The van der Waals surface area contributed by atoms with E-state index in [1.807, 2.05) is 35.2 Å². The van der Waals surface area contributed by atoms with Crippen LogP contribution in [0.1, 0.15) is 5.56 Å². The van der Waals surface area contributed by atoms with Crippen molar-refractivity contribution in [1.29, 1.82) is 0 Å². The van der Waals surface area contributed by atoms with Crippen LogP contribution in [0.3, 0.4) is 0 Å². The normalized spacial score (nSPS) is 17.3. The average Bonchev–Trinajstić information content (AvgIpc) is 2.72. The minimum absolute atomic E-state index is 0.339. The molecule has 0 saturated carbocycles. The summed E-state index contributed by atoms with van der Waals surface area (Å²) < 4.78 is 5.45. The lowest BCUT2D eigenvalue weighted by atomic mass is 10.2. The van der Waals surface area contributed by atoms with Gasteiger partial charge in [0.05, 0.1) is 7.11 Å². The summed E-state index contributed by atoms with van der Waals surface area (Å²) in [5, 5.41) is 0. The Bertz CT molecular complexity index is 485. The topological polar surface area (TPSA) is 29.5 Å². The fraction of sp³-hybridized carbons (Fsp3) is 0.231. The Hall–Kier alpha value is -1.33. The van der Waals surface area contributed by atoms with Gasteiger partial charge < -0.3 is 9.64 Å². The molecule has 1 fully saturated rings. The SMILES string of the molecule is COC(=O)/C=C1\CSC(=S)N1Cc1ccccc1. The maximum Gasteiger partial charge on any atom is 0.332 e.